The highest BCUT2D eigenvalue weighted by atomic mass is 16.5. The first-order chi connectivity index (χ1) is 27.2. The molecule has 0 saturated carbocycles. The number of nitrogens with zero attached hydrogens (tertiary/aromatic N) is 4. The standard InChI is InChI=1S/C46H54N4O6/c1-35(2)45(51)55-33-11-7-5-9-31-53-43-27-23-41(24-28-43)49-47-39-19-15-37(16-20-39)13-14-38-17-21-40(22-18-38)48-50-42-25-29-44(30-26-42)54-32-10-6-8-12-34-56-46(52)36(3)4/h15-30H,1,3,5-14,31-34H2,2,4H3. The predicted molar refractivity (Wildman–Crippen MR) is 221 cm³/mol. The van der Waals surface area contributed by atoms with E-state index in [-0.39, 0.29) is 11.9 Å². The van der Waals surface area contributed by atoms with Crippen LogP contribution >= 0.6 is 0 Å². The van der Waals surface area contributed by atoms with Gasteiger partial charge in [-0.05, 0) is 162 Å². The van der Waals surface area contributed by atoms with Crippen LogP contribution in [0.1, 0.15) is 76.3 Å². The van der Waals surface area contributed by atoms with Gasteiger partial charge in [0.1, 0.15) is 11.5 Å². The molecule has 0 radical (unpaired) electrons. The second-order valence-corrected chi connectivity index (χ2v) is 13.6. The Morgan fingerprint density at radius 3 is 1.02 bits per heavy atom. The first-order valence-electron chi connectivity index (χ1n) is 19.4. The van der Waals surface area contributed by atoms with Crippen molar-refractivity contribution < 1.29 is 28.5 Å². The number of esters is 2. The molecule has 0 amide bonds. The van der Waals surface area contributed by atoms with Gasteiger partial charge in [0, 0.05) is 11.1 Å². The lowest BCUT2D eigenvalue weighted by molar-refractivity contribution is -0.139. The minimum Gasteiger partial charge on any atom is -0.494 e. The van der Waals surface area contributed by atoms with Crippen LogP contribution in [-0.2, 0) is 31.9 Å². The largest absolute Gasteiger partial charge is 0.494 e. The number of hydrogen-bond donors (Lipinski definition) is 0. The summed E-state index contributed by atoms with van der Waals surface area (Å²) in [4.78, 5) is 22.8. The average Bonchev–Trinajstić information content (AvgIpc) is 3.21. The fraction of sp³-hybridized carbons (Fsp3) is 0.348. The zero-order valence-corrected chi connectivity index (χ0v) is 32.8. The van der Waals surface area contributed by atoms with Gasteiger partial charge in [-0.15, -0.1) is 0 Å². The van der Waals surface area contributed by atoms with Crippen molar-refractivity contribution in [3.63, 3.8) is 0 Å². The molecule has 56 heavy (non-hydrogen) atoms. The topological polar surface area (TPSA) is 120 Å². The Labute approximate surface area is 331 Å². The SMILES string of the molecule is C=C(C)C(=O)OCCCCCCOc1ccc(N=Nc2ccc(CCc3ccc(N=Nc4ccc(OCCCCCCOC(=O)C(=C)C)cc4)cc3)cc2)cc1. The number of azo groups is 2. The smallest absolute Gasteiger partial charge is 0.333 e. The van der Waals surface area contributed by atoms with E-state index in [2.05, 4.69) is 57.9 Å². The molecule has 294 valence electrons. The molecule has 0 unspecified atom stereocenters. The van der Waals surface area contributed by atoms with Crippen molar-refractivity contribution >= 4 is 34.7 Å². The van der Waals surface area contributed by atoms with E-state index in [9.17, 15) is 9.59 Å². The summed E-state index contributed by atoms with van der Waals surface area (Å²) in [7, 11) is 0. The van der Waals surface area contributed by atoms with Crippen molar-refractivity contribution in [1.82, 2.24) is 0 Å². The second kappa shape index (κ2) is 24.5. The maximum absolute atomic E-state index is 11.4. The summed E-state index contributed by atoms with van der Waals surface area (Å²) in [5.41, 5.74) is 6.42. The summed E-state index contributed by atoms with van der Waals surface area (Å²) >= 11 is 0. The van der Waals surface area contributed by atoms with Crippen LogP contribution in [0, 0.1) is 0 Å². The lowest BCUT2D eigenvalue weighted by Crippen LogP contribution is -2.06. The van der Waals surface area contributed by atoms with Gasteiger partial charge in [0.2, 0.25) is 0 Å². The molecule has 0 heterocycles. The average molecular weight is 759 g/mol. The third kappa shape index (κ3) is 17.1. The Morgan fingerprint density at radius 1 is 0.429 bits per heavy atom. The number of rotatable bonds is 25. The molecule has 0 bridgehead atoms. The highest BCUT2D eigenvalue weighted by Crippen LogP contribution is 2.24. The molecule has 10 heteroatoms. The Balaban J connectivity index is 1.08. The summed E-state index contributed by atoms with van der Waals surface area (Å²) in [6.45, 7) is 12.6. The van der Waals surface area contributed by atoms with Crippen LogP contribution in [0.25, 0.3) is 0 Å². The Morgan fingerprint density at radius 2 is 0.714 bits per heavy atom. The van der Waals surface area contributed by atoms with E-state index >= 15 is 0 Å². The van der Waals surface area contributed by atoms with E-state index < -0.39 is 0 Å². The van der Waals surface area contributed by atoms with E-state index in [1.807, 2.05) is 72.8 Å². The van der Waals surface area contributed by atoms with Crippen molar-refractivity contribution in [1.29, 1.82) is 0 Å². The Kier molecular flexibility index (Phi) is 18.7. The van der Waals surface area contributed by atoms with Crippen LogP contribution in [0.2, 0.25) is 0 Å². The van der Waals surface area contributed by atoms with Crippen molar-refractivity contribution in [3.05, 3.63) is 132 Å². The number of carbonyl (C=O) groups excluding carboxylic acids is 2. The molecular formula is C46H54N4O6. The zero-order valence-electron chi connectivity index (χ0n) is 32.8. The van der Waals surface area contributed by atoms with Gasteiger partial charge in [-0.25, -0.2) is 9.59 Å². The van der Waals surface area contributed by atoms with Crippen LogP contribution in [-0.4, -0.2) is 38.4 Å². The van der Waals surface area contributed by atoms with E-state index in [4.69, 9.17) is 18.9 Å². The summed E-state index contributed by atoms with van der Waals surface area (Å²) < 4.78 is 21.9. The van der Waals surface area contributed by atoms with Gasteiger partial charge in [-0.3, -0.25) is 0 Å². The van der Waals surface area contributed by atoms with E-state index in [0.717, 1.165) is 98.5 Å². The minimum atomic E-state index is -0.327. The number of hydrogen-bond acceptors (Lipinski definition) is 10. The highest BCUT2D eigenvalue weighted by molar-refractivity contribution is 5.87. The molecule has 0 aromatic heterocycles. The van der Waals surface area contributed by atoms with E-state index in [0.29, 0.717) is 37.6 Å². The van der Waals surface area contributed by atoms with Crippen molar-refractivity contribution in [3.8, 4) is 11.5 Å². The Hall–Kier alpha value is -5.90. The van der Waals surface area contributed by atoms with Gasteiger partial charge in [0.15, 0.2) is 0 Å². The lowest BCUT2D eigenvalue weighted by atomic mass is 10.0. The maximum atomic E-state index is 11.4. The van der Waals surface area contributed by atoms with Gasteiger partial charge >= 0.3 is 11.9 Å². The van der Waals surface area contributed by atoms with Gasteiger partial charge in [-0.2, -0.15) is 20.5 Å². The van der Waals surface area contributed by atoms with E-state index in [1.54, 1.807) is 13.8 Å². The maximum Gasteiger partial charge on any atom is 0.333 e. The minimum absolute atomic E-state index is 0.327. The summed E-state index contributed by atoms with van der Waals surface area (Å²) in [5, 5.41) is 17.5. The quantitative estimate of drug-likeness (QED) is 0.0287. The third-order valence-corrected chi connectivity index (χ3v) is 8.59. The molecule has 0 atom stereocenters. The van der Waals surface area contributed by atoms with Crippen LogP contribution in [0.3, 0.4) is 0 Å². The summed E-state index contributed by atoms with van der Waals surface area (Å²) in [6, 6.07) is 31.5. The van der Waals surface area contributed by atoms with Crippen LogP contribution in [0.15, 0.2) is 142 Å². The number of unbranched alkanes of at least 4 members (excludes halogenated alkanes) is 6. The molecule has 4 aromatic rings. The van der Waals surface area contributed by atoms with Crippen molar-refractivity contribution in [2.45, 2.75) is 78.1 Å². The predicted octanol–water partition coefficient (Wildman–Crippen LogP) is 12.4. The van der Waals surface area contributed by atoms with Gasteiger partial charge in [0.05, 0.1) is 49.2 Å². The second-order valence-electron chi connectivity index (χ2n) is 13.6. The van der Waals surface area contributed by atoms with Gasteiger partial charge in [-0.1, -0.05) is 37.4 Å². The third-order valence-electron chi connectivity index (χ3n) is 8.59. The number of benzene rings is 4. The molecule has 0 N–H and O–H groups in total. The molecule has 0 fully saturated rings. The van der Waals surface area contributed by atoms with Crippen LogP contribution < -0.4 is 9.47 Å². The monoisotopic (exact) mass is 758 g/mol. The Bertz CT molecular complexity index is 1730. The molecule has 0 spiro atoms. The fourth-order valence-corrected chi connectivity index (χ4v) is 5.27. The van der Waals surface area contributed by atoms with Crippen LogP contribution in [0.5, 0.6) is 11.5 Å². The number of carbonyl (C=O) groups is 2. The summed E-state index contributed by atoms with van der Waals surface area (Å²) in [6.07, 6.45) is 9.35. The highest BCUT2D eigenvalue weighted by Gasteiger charge is 2.04. The van der Waals surface area contributed by atoms with E-state index in [1.165, 1.54) is 11.1 Å². The first-order valence-corrected chi connectivity index (χ1v) is 19.4. The van der Waals surface area contributed by atoms with Crippen molar-refractivity contribution in [2.75, 3.05) is 26.4 Å². The zero-order chi connectivity index (χ0) is 39.8. The molecule has 0 saturated heterocycles. The molecule has 4 rings (SSSR count). The lowest BCUT2D eigenvalue weighted by Gasteiger charge is -2.07. The summed E-state index contributed by atoms with van der Waals surface area (Å²) in [5.74, 6) is 0.946. The molecule has 4 aromatic carbocycles. The number of ether oxygens (including phenoxy) is 4. The number of aryl methyl sites for hydroxylation is 2. The van der Waals surface area contributed by atoms with Gasteiger partial charge < -0.3 is 18.9 Å². The van der Waals surface area contributed by atoms with Crippen LogP contribution in [0.4, 0.5) is 22.7 Å². The molecule has 10 nitrogen and oxygen atoms in total. The molecule has 0 aliphatic rings. The molecule has 0 aliphatic carbocycles. The fourth-order valence-electron chi connectivity index (χ4n) is 5.27. The normalized spacial score (nSPS) is 11.1. The first kappa shape index (κ1) is 42.8. The van der Waals surface area contributed by atoms with Crippen molar-refractivity contribution in [2.24, 2.45) is 20.5 Å². The molecule has 0 aliphatic heterocycles. The van der Waals surface area contributed by atoms with Gasteiger partial charge in [0.25, 0.3) is 0 Å². The molecular weight excluding hydrogens is 705 g/mol.